The summed E-state index contributed by atoms with van der Waals surface area (Å²) in [4.78, 5) is 0. The van der Waals surface area contributed by atoms with Gasteiger partial charge in [0, 0.05) is 6.61 Å². The van der Waals surface area contributed by atoms with Crippen molar-refractivity contribution in [3.63, 3.8) is 0 Å². The molecule has 0 aromatic heterocycles. The lowest BCUT2D eigenvalue weighted by Crippen LogP contribution is -2.41. The number of hydrogen-bond donors (Lipinski definition) is 0. The van der Waals surface area contributed by atoms with Crippen molar-refractivity contribution in [1.29, 1.82) is 0 Å². The van der Waals surface area contributed by atoms with E-state index >= 15 is 0 Å². The summed E-state index contributed by atoms with van der Waals surface area (Å²) in [5, 5.41) is 0. The predicted molar refractivity (Wildman–Crippen MR) is 44.0 cm³/mol. The van der Waals surface area contributed by atoms with Crippen LogP contribution < -0.4 is 0 Å². The highest BCUT2D eigenvalue weighted by Crippen LogP contribution is 1.94. The van der Waals surface area contributed by atoms with Gasteiger partial charge in [0.05, 0.1) is 27.2 Å². The maximum atomic E-state index is 5.26. The van der Waals surface area contributed by atoms with Crippen LogP contribution in [0.25, 0.3) is 0 Å². The molecule has 0 rings (SSSR count). The fraction of sp³-hybridized carbons (Fsp3) is 1.00. The molecule has 0 atom stereocenters. The zero-order chi connectivity index (χ0) is 8.04. The minimum atomic E-state index is 0.837. The molecule has 0 aliphatic carbocycles. The highest BCUT2D eigenvalue weighted by Gasteiger charge is 2.09. The van der Waals surface area contributed by atoms with Crippen LogP contribution in [0.4, 0.5) is 0 Å². The number of nitrogens with zero attached hydrogens (tertiary/aromatic N) is 1. The second-order valence-corrected chi connectivity index (χ2v) is 3.17. The lowest BCUT2D eigenvalue weighted by Gasteiger charge is -2.27. The zero-order valence-electron chi connectivity index (χ0n) is 7.68. The van der Waals surface area contributed by atoms with E-state index in [1.165, 1.54) is 6.54 Å². The quantitative estimate of drug-likeness (QED) is 0.417. The Bertz CT molecular complexity index is 81.3. The van der Waals surface area contributed by atoms with Crippen LogP contribution in [0, 0.1) is 0 Å². The van der Waals surface area contributed by atoms with Gasteiger partial charge in [0.2, 0.25) is 0 Å². The van der Waals surface area contributed by atoms with Crippen LogP contribution in [0.15, 0.2) is 0 Å². The third-order valence-electron chi connectivity index (χ3n) is 1.90. The summed E-state index contributed by atoms with van der Waals surface area (Å²) in [6.07, 6.45) is 0. The molecule has 0 fully saturated rings. The summed E-state index contributed by atoms with van der Waals surface area (Å²) < 4.78 is 6.31. The minimum Gasteiger partial charge on any atom is -0.376 e. The highest BCUT2D eigenvalue weighted by molar-refractivity contribution is 4.29. The molecular formula is C8H20NO+. The predicted octanol–water partition coefficient (Wildman–Crippen LogP) is 1.12. The van der Waals surface area contributed by atoms with Gasteiger partial charge in [-0.3, -0.25) is 0 Å². The van der Waals surface area contributed by atoms with Crippen molar-refractivity contribution >= 4 is 0 Å². The summed E-state index contributed by atoms with van der Waals surface area (Å²) in [5.74, 6) is 0. The van der Waals surface area contributed by atoms with Gasteiger partial charge in [-0.15, -0.1) is 0 Å². The fourth-order valence-electron chi connectivity index (χ4n) is 0.614. The fourth-order valence-corrected chi connectivity index (χ4v) is 0.614. The summed E-state index contributed by atoms with van der Waals surface area (Å²) in [6.45, 7) is 8.25. The van der Waals surface area contributed by atoms with Crippen LogP contribution in [0.3, 0.4) is 0 Å². The first-order valence-corrected chi connectivity index (χ1v) is 4.02. The molecule has 0 saturated carbocycles. The molecule has 0 bridgehead atoms. The van der Waals surface area contributed by atoms with Crippen molar-refractivity contribution in [1.82, 2.24) is 0 Å². The summed E-state index contributed by atoms with van der Waals surface area (Å²) in [5.41, 5.74) is 0. The van der Waals surface area contributed by atoms with Crippen LogP contribution in [-0.2, 0) is 4.74 Å². The smallest absolute Gasteiger partial charge is 0.102 e. The van der Waals surface area contributed by atoms with Gasteiger partial charge in [-0.2, -0.15) is 0 Å². The second kappa shape index (κ2) is 4.69. The number of likely N-dealkylation sites (N-methyl/N-ethyl adjacent to an activating group) is 1. The molecule has 2 nitrogen and oxygen atoms in total. The molecule has 0 unspecified atom stereocenters. The first kappa shape index (κ1) is 9.92. The van der Waals surface area contributed by atoms with Crippen molar-refractivity contribution in [2.45, 2.75) is 13.8 Å². The number of quaternary nitrogens is 1. The Morgan fingerprint density at radius 2 is 1.80 bits per heavy atom. The molecule has 0 spiro atoms. The SMILES string of the molecule is CCOCC[N+](C)(C)CC. The third-order valence-corrected chi connectivity index (χ3v) is 1.90. The summed E-state index contributed by atoms with van der Waals surface area (Å²) in [6, 6.07) is 0. The first-order chi connectivity index (χ1) is 4.62. The van der Waals surface area contributed by atoms with E-state index in [2.05, 4.69) is 21.0 Å². The van der Waals surface area contributed by atoms with Gasteiger partial charge in [0.1, 0.15) is 6.54 Å². The molecule has 0 amide bonds. The van der Waals surface area contributed by atoms with Crippen molar-refractivity contribution in [2.75, 3.05) is 40.4 Å². The van der Waals surface area contributed by atoms with Crippen LogP contribution in [0.2, 0.25) is 0 Å². The van der Waals surface area contributed by atoms with Gasteiger partial charge in [-0.05, 0) is 13.8 Å². The molecule has 0 aliphatic heterocycles. The maximum absolute atomic E-state index is 5.26. The third kappa shape index (κ3) is 4.77. The molecule has 0 N–H and O–H groups in total. The molecule has 0 heterocycles. The molecule has 2 heteroatoms. The van der Waals surface area contributed by atoms with Crippen molar-refractivity contribution in [2.24, 2.45) is 0 Å². The van der Waals surface area contributed by atoms with E-state index in [1.807, 2.05) is 6.92 Å². The molecule has 10 heavy (non-hydrogen) atoms. The van der Waals surface area contributed by atoms with Crippen LogP contribution in [-0.4, -0.2) is 44.9 Å². The second-order valence-electron chi connectivity index (χ2n) is 3.17. The van der Waals surface area contributed by atoms with Crippen LogP contribution >= 0.6 is 0 Å². The van der Waals surface area contributed by atoms with E-state index in [4.69, 9.17) is 4.74 Å². The Labute approximate surface area is 64.4 Å². The number of rotatable bonds is 5. The highest BCUT2D eigenvalue weighted by atomic mass is 16.5. The molecule has 0 radical (unpaired) electrons. The van der Waals surface area contributed by atoms with Crippen LogP contribution in [0.5, 0.6) is 0 Å². The van der Waals surface area contributed by atoms with Crippen molar-refractivity contribution in [3.8, 4) is 0 Å². The van der Waals surface area contributed by atoms with Crippen molar-refractivity contribution in [3.05, 3.63) is 0 Å². The van der Waals surface area contributed by atoms with Crippen molar-refractivity contribution < 1.29 is 9.22 Å². The molecule has 0 aliphatic rings. The Morgan fingerprint density at radius 1 is 1.20 bits per heavy atom. The van der Waals surface area contributed by atoms with Crippen LogP contribution in [0.1, 0.15) is 13.8 Å². The lowest BCUT2D eigenvalue weighted by molar-refractivity contribution is -0.888. The molecule has 0 aromatic rings. The van der Waals surface area contributed by atoms with E-state index in [1.54, 1.807) is 0 Å². The zero-order valence-corrected chi connectivity index (χ0v) is 7.68. The maximum Gasteiger partial charge on any atom is 0.102 e. The average molecular weight is 146 g/mol. The van der Waals surface area contributed by atoms with Gasteiger partial charge in [0.25, 0.3) is 0 Å². The normalized spacial score (nSPS) is 12.0. The average Bonchev–Trinajstić information content (AvgIpc) is 1.89. The Kier molecular flexibility index (Phi) is 4.65. The van der Waals surface area contributed by atoms with E-state index in [9.17, 15) is 0 Å². The molecular weight excluding hydrogens is 126 g/mol. The lowest BCUT2D eigenvalue weighted by atomic mass is 10.4. The van der Waals surface area contributed by atoms with E-state index in [0.717, 1.165) is 24.2 Å². The largest absolute Gasteiger partial charge is 0.376 e. The van der Waals surface area contributed by atoms with E-state index < -0.39 is 0 Å². The van der Waals surface area contributed by atoms with Gasteiger partial charge < -0.3 is 9.22 Å². The Hall–Kier alpha value is -0.0800. The van der Waals surface area contributed by atoms with Gasteiger partial charge >= 0.3 is 0 Å². The number of ether oxygens (including phenoxy) is 1. The molecule has 62 valence electrons. The number of hydrogen-bond acceptors (Lipinski definition) is 1. The molecule has 0 aromatic carbocycles. The van der Waals surface area contributed by atoms with Gasteiger partial charge in [-0.25, -0.2) is 0 Å². The first-order valence-electron chi connectivity index (χ1n) is 4.02. The minimum absolute atomic E-state index is 0.837. The molecule has 0 saturated heterocycles. The summed E-state index contributed by atoms with van der Waals surface area (Å²) >= 11 is 0. The van der Waals surface area contributed by atoms with E-state index in [0.29, 0.717) is 0 Å². The Balaban J connectivity index is 3.28. The van der Waals surface area contributed by atoms with Gasteiger partial charge in [0.15, 0.2) is 0 Å². The monoisotopic (exact) mass is 146 g/mol. The van der Waals surface area contributed by atoms with Gasteiger partial charge in [-0.1, -0.05) is 0 Å². The Morgan fingerprint density at radius 3 is 2.20 bits per heavy atom. The topological polar surface area (TPSA) is 9.23 Å². The standard InChI is InChI=1S/C8H20NO/c1-5-9(3,4)7-8-10-6-2/h5-8H2,1-4H3/q+1. The summed E-state index contributed by atoms with van der Waals surface area (Å²) in [7, 11) is 4.44. The van der Waals surface area contributed by atoms with E-state index in [-0.39, 0.29) is 0 Å².